The Labute approximate surface area is 111 Å². The molecule has 0 aliphatic rings. The van der Waals surface area contributed by atoms with Crippen LogP contribution in [-0.2, 0) is 10.0 Å². The summed E-state index contributed by atoms with van der Waals surface area (Å²) < 4.78 is 39.6. The van der Waals surface area contributed by atoms with Crippen molar-refractivity contribution in [3.05, 3.63) is 29.0 Å². The second-order valence-corrected chi connectivity index (χ2v) is 6.60. The molecular formula is C11H15ClFNO3S. The van der Waals surface area contributed by atoms with Crippen LogP contribution < -0.4 is 4.72 Å². The van der Waals surface area contributed by atoms with Crippen LogP contribution in [0.5, 0.6) is 0 Å². The zero-order valence-corrected chi connectivity index (χ0v) is 11.6. The minimum absolute atomic E-state index is 0.0521. The second-order valence-electron chi connectivity index (χ2n) is 4.54. The fourth-order valence-electron chi connectivity index (χ4n) is 1.43. The number of nitrogens with one attached hydrogen (secondary N) is 1. The minimum atomic E-state index is -3.93. The first kappa shape index (κ1) is 15.4. The van der Waals surface area contributed by atoms with E-state index in [9.17, 15) is 12.8 Å². The van der Waals surface area contributed by atoms with Gasteiger partial charge in [0.05, 0.1) is 5.02 Å². The van der Waals surface area contributed by atoms with Gasteiger partial charge in [0.2, 0.25) is 10.0 Å². The Morgan fingerprint density at radius 3 is 2.61 bits per heavy atom. The van der Waals surface area contributed by atoms with Gasteiger partial charge in [-0.25, -0.2) is 17.5 Å². The summed E-state index contributed by atoms with van der Waals surface area (Å²) in [6.45, 7) is 3.08. The van der Waals surface area contributed by atoms with Crippen molar-refractivity contribution in [2.45, 2.75) is 30.7 Å². The fourth-order valence-corrected chi connectivity index (χ4v) is 3.39. The Kier molecular flexibility index (Phi) is 4.72. The zero-order valence-electron chi connectivity index (χ0n) is 10.1. The van der Waals surface area contributed by atoms with Crippen molar-refractivity contribution in [3.8, 4) is 0 Å². The molecule has 0 bridgehead atoms. The van der Waals surface area contributed by atoms with Crippen molar-refractivity contribution < 1.29 is 17.9 Å². The second kappa shape index (κ2) is 5.52. The lowest BCUT2D eigenvalue weighted by atomic mass is 10.0. The third kappa shape index (κ3) is 3.91. The molecule has 0 heterocycles. The highest BCUT2D eigenvalue weighted by atomic mass is 35.5. The van der Waals surface area contributed by atoms with Crippen LogP contribution in [0.1, 0.15) is 20.3 Å². The average molecular weight is 296 g/mol. The van der Waals surface area contributed by atoms with Crippen LogP contribution in [0.15, 0.2) is 23.1 Å². The smallest absolute Gasteiger partial charge is 0.242 e. The molecule has 0 aromatic heterocycles. The van der Waals surface area contributed by atoms with Crippen LogP contribution in [0.4, 0.5) is 4.39 Å². The van der Waals surface area contributed by atoms with E-state index < -0.39 is 21.4 Å². The van der Waals surface area contributed by atoms with E-state index in [4.69, 9.17) is 16.7 Å². The molecule has 1 rings (SSSR count). The van der Waals surface area contributed by atoms with Gasteiger partial charge in [-0.1, -0.05) is 11.6 Å². The molecule has 2 N–H and O–H groups in total. The van der Waals surface area contributed by atoms with E-state index in [0.29, 0.717) is 0 Å². The van der Waals surface area contributed by atoms with Gasteiger partial charge in [0, 0.05) is 12.1 Å². The molecule has 0 radical (unpaired) electrons. The van der Waals surface area contributed by atoms with Gasteiger partial charge in [-0.3, -0.25) is 0 Å². The first-order valence-corrected chi connectivity index (χ1v) is 7.14. The summed E-state index contributed by atoms with van der Waals surface area (Å²) >= 11 is 5.75. The van der Waals surface area contributed by atoms with Crippen molar-refractivity contribution in [2.75, 3.05) is 6.61 Å². The summed E-state index contributed by atoms with van der Waals surface area (Å²) in [5.74, 6) is -0.681. The maximum absolute atomic E-state index is 13.1. The lowest BCUT2D eigenvalue weighted by molar-refractivity contribution is 0.245. The van der Waals surface area contributed by atoms with E-state index >= 15 is 0 Å². The normalized spacial score (nSPS) is 12.7. The van der Waals surface area contributed by atoms with Crippen molar-refractivity contribution >= 4 is 21.6 Å². The summed E-state index contributed by atoms with van der Waals surface area (Å²) in [5.41, 5.74) is -0.844. The molecule has 0 unspecified atom stereocenters. The van der Waals surface area contributed by atoms with Gasteiger partial charge in [-0.2, -0.15) is 0 Å². The van der Waals surface area contributed by atoms with E-state index in [1.165, 1.54) is 6.07 Å². The van der Waals surface area contributed by atoms with Gasteiger partial charge in [0.1, 0.15) is 10.7 Å². The molecule has 0 amide bonds. The van der Waals surface area contributed by atoms with Crippen molar-refractivity contribution in [1.29, 1.82) is 0 Å². The largest absolute Gasteiger partial charge is 0.396 e. The van der Waals surface area contributed by atoms with Crippen LogP contribution in [0.2, 0.25) is 5.02 Å². The number of aliphatic hydroxyl groups is 1. The van der Waals surface area contributed by atoms with E-state index in [2.05, 4.69) is 4.72 Å². The lowest BCUT2D eigenvalue weighted by Gasteiger charge is -2.25. The van der Waals surface area contributed by atoms with Crippen LogP contribution in [-0.4, -0.2) is 25.7 Å². The lowest BCUT2D eigenvalue weighted by Crippen LogP contribution is -2.44. The van der Waals surface area contributed by atoms with Crippen LogP contribution in [0, 0.1) is 5.82 Å². The Morgan fingerprint density at radius 1 is 1.44 bits per heavy atom. The number of rotatable bonds is 5. The summed E-state index contributed by atoms with van der Waals surface area (Å²) in [7, 11) is -3.93. The van der Waals surface area contributed by atoms with E-state index in [0.717, 1.165) is 12.1 Å². The fraction of sp³-hybridized carbons (Fsp3) is 0.455. The highest BCUT2D eigenvalue weighted by molar-refractivity contribution is 7.89. The van der Waals surface area contributed by atoms with Crippen molar-refractivity contribution in [1.82, 2.24) is 4.72 Å². The Balaban J connectivity index is 3.11. The maximum atomic E-state index is 13.1. The molecule has 0 spiro atoms. The number of aliphatic hydroxyl groups excluding tert-OH is 1. The molecule has 0 aliphatic carbocycles. The number of halogens is 2. The summed E-state index contributed by atoms with van der Waals surface area (Å²) in [6, 6.07) is 3.13. The average Bonchev–Trinajstić information content (AvgIpc) is 2.19. The quantitative estimate of drug-likeness (QED) is 0.872. The number of sulfonamides is 1. The molecular weight excluding hydrogens is 281 g/mol. The molecule has 102 valence electrons. The summed E-state index contributed by atoms with van der Waals surface area (Å²) in [5, 5.41) is 8.79. The third-order valence-electron chi connectivity index (χ3n) is 2.33. The SMILES string of the molecule is CC(C)(CCO)NS(=O)(=O)c1cc(F)ccc1Cl. The topological polar surface area (TPSA) is 66.4 Å². The van der Waals surface area contributed by atoms with Gasteiger partial charge in [0.25, 0.3) is 0 Å². The Hall–Kier alpha value is -0.690. The van der Waals surface area contributed by atoms with Gasteiger partial charge in [-0.15, -0.1) is 0 Å². The molecule has 0 fully saturated rings. The third-order valence-corrected chi connectivity index (χ3v) is 4.51. The Bertz CT molecular complexity index is 531. The molecule has 1 aromatic carbocycles. The number of hydrogen-bond donors (Lipinski definition) is 2. The monoisotopic (exact) mass is 295 g/mol. The first-order valence-electron chi connectivity index (χ1n) is 5.28. The summed E-state index contributed by atoms with van der Waals surface area (Å²) in [4.78, 5) is -0.310. The van der Waals surface area contributed by atoms with Crippen LogP contribution >= 0.6 is 11.6 Å². The van der Waals surface area contributed by atoms with Gasteiger partial charge >= 0.3 is 0 Å². The predicted molar refractivity (Wildman–Crippen MR) is 67.5 cm³/mol. The minimum Gasteiger partial charge on any atom is -0.396 e. The highest BCUT2D eigenvalue weighted by Gasteiger charge is 2.27. The molecule has 0 atom stereocenters. The molecule has 18 heavy (non-hydrogen) atoms. The molecule has 4 nitrogen and oxygen atoms in total. The molecule has 0 saturated heterocycles. The van der Waals surface area contributed by atoms with Crippen LogP contribution in [0.3, 0.4) is 0 Å². The summed E-state index contributed by atoms with van der Waals surface area (Å²) in [6.07, 6.45) is 0.235. The van der Waals surface area contributed by atoms with Crippen molar-refractivity contribution in [3.63, 3.8) is 0 Å². The highest BCUT2D eigenvalue weighted by Crippen LogP contribution is 2.24. The number of benzene rings is 1. The van der Waals surface area contributed by atoms with Crippen molar-refractivity contribution in [2.24, 2.45) is 0 Å². The van der Waals surface area contributed by atoms with E-state index in [-0.39, 0.29) is 22.9 Å². The first-order chi connectivity index (χ1) is 8.18. The van der Waals surface area contributed by atoms with Gasteiger partial charge < -0.3 is 5.11 Å². The maximum Gasteiger partial charge on any atom is 0.242 e. The van der Waals surface area contributed by atoms with Gasteiger partial charge in [0.15, 0.2) is 0 Å². The zero-order chi connectivity index (χ0) is 14.0. The van der Waals surface area contributed by atoms with Gasteiger partial charge in [-0.05, 0) is 38.5 Å². The number of hydrogen-bond acceptors (Lipinski definition) is 3. The molecule has 7 heteroatoms. The standard InChI is InChI=1S/C11H15ClFNO3S/c1-11(2,5-6-15)14-18(16,17)10-7-8(13)3-4-9(10)12/h3-4,7,14-15H,5-6H2,1-2H3. The predicted octanol–water partition coefficient (Wildman–Crippen LogP) is 1.92. The van der Waals surface area contributed by atoms with E-state index in [1.54, 1.807) is 13.8 Å². The molecule has 0 aliphatic heterocycles. The van der Waals surface area contributed by atoms with Crippen LogP contribution in [0.25, 0.3) is 0 Å². The molecule has 1 aromatic rings. The van der Waals surface area contributed by atoms with E-state index in [1.807, 2.05) is 0 Å². The molecule has 0 saturated carbocycles. The Morgan fingerprint density at radius 2 is 2.06 bits per heavy atom.